The van der Waals surface area contributed by atoms with E-state index in [-0.39, 0.29) is 5.54 Å². The molecule has 0 unspecified atom stereocenters. The van der Waals surface area contributed by atoms with Gasteiger partial charge in [0.2, 0.25) is 0 Å². The Morgan fingerprint density at radius 1 is 1.31 bits per heavy atom. The van der Waals surface area contributed by atoms with Crippen molar-refractivity contribution in [1.29, 1.82) is 0 Å². The van der Waals surface area contributed by atoms with Crippen LogP contribution in [0.15, 0.2) is 5.10 Å². The Bertz CT molecular complexity index is 163. The molecular formula is C11H24N2. The first-order valence-electron chi connectivity index (χ1n) is 5.11. The second kappa shape index (κ2) is 5.25. The van der Waals surface area contributed by atoms with Crippen LogP contribution in [0.2, 0.25) is 0 Å². The maximum atomic E-state index is 4.33. The molecule has 0 aromatic heterocycles. The fourth-order valence-electron chi connectivity index (χ4n) is 0.817. The van der Waals surface area contributed by atoms with Crippen LogP contribution in [0.1, 0.15) is 54.4 Å². The molecule has 0 aliphatic heterocycles. The van der Waals surface area contributed by atoms with Gasteiger partial charge in [-0.05, 0) is 46.5 Å². The fraction of sp³-hybridized carbons (Fsp3) is 0.909. The van der Waals surface area contributed by atoms with Crippen LogP contribution in [0.5, 0.6) is 0 Å². The van der Waals surface area contributed by atoms with Crippen molar-refractivity contribution in [2.24, 2.45) is 11.0 Å². The van der Waals surface area contributed by atoms with Crippen LogP contribution in [0, 0.1) is 5.92 Å². The Morgan fingerprint density at radius 2 is 1.85 bits per heavy atom. The van der Waals surface area contributed by atoms with Crippen molar-refractivity contribution in [3.05, 3.63) is 0 Å². The highest BCUT2D eigenvalue weighted by Crippen LogP contribution is 2.05. The first-order valence-corrected chi connectivity index (χ1v) is 5.11. The van der Waals surface area contributed by atoms with E-state index in [1.165, 1.54) is 12.1 Å². The minimum atomic E-state index is 0.0824. The smallest absolute Gasteiger partial charge is 0.0464 e. The highest BCUT2D eigenvalue weighted by Gasteiger charge is 2.06. The van der Waals surface area contributed by atoms with Gasteiger partial charge in [-0.25, -0.2) is 0 Å². The third-order valence-corrected chi connectivity index (χ3v) is 1.67. The molecule has 0 radical (unpaired) electrons. The largest absolute Gasteiger partial charge is 0.305 e. The first-order chi connectivity index (χ1) is 5.81. The molecule has 0 aliphatic rings. The van der Waals surface area contributed by atoms with Gasteiger partial charge in [0.15, 0.2) is 0 Å². The lowest BCUT2D eigenvalue weighted by molar-refractivity contribution is 0.439. The molecule has 2 heteroatoms. The lowest BCUT2D eigenvalue weighted by atomic mass is 10.1. The number of hydrazone groups is 1. The van der Waals surface area contributed by atoms with Crippen molar-refractivity contribution in [3.8, 4) is 0 Å². The van der Waals surface area contributed by atoms with E-state index in [1.54, 1.807) is 0 Å². The van der Waals surface area contributed by atoms with E-state index < -0.39 is 0 Å². The van der Waals surface area contributed by atoms with Gasteiger partial charge in [0.25, 0.3) is 0 Å². The van der Waals surface area contributed by atoms with Gasteiger partial charge < -0.3 is 5.43 Å². The average molecular weight is 184 g/mol. The molecule has 0 spiro atoms. The minimum Gasteiger partial charge on any atom is -0.305 e. The molecule has 0 rings (SSSR count). The highest BCUT2D eigenvalue weighted by molar-refractivity contribution is 5.81. The number of rotatable bonds is 4. The molecule has 0 bridgehead atoms. The highest BCUT2D eigenvalue weighted by atomic mass is 15.3. The summed E-state index contributed by atoms with van der Waals surface area (Å²) in [7, 11) is 0. The van der Waals surface area contributed by atoms with Crippen molar-refractivity contribution >= 4 is 5.71 Å². The SMILES string of the molecule is C/C(CCC(C)C)=N\NC(C)(C)C. The Hall–Kier alpha value is -0.530. The summed E-state index contributed by atoms with van der Waals surface area (Å²) < 4.78 is 0. The third-order valence-electron chi connectivity index (χ3n) is 1.67. The summed E-state index contributed by atoms with van der Waals surface area (Å²) in [5, 5.41) is 4.33. The molecule has 0 aromatic carbocycles. The van der Waals surface area contributed by atoms with E-state index in [2.05, 4.69) is 52.1 Å². The van der Waals surface area contributed by atoms with Crippen LogP contribution in [0.3, 0.4) is 0 Å². The number of hydrogen-bond acceptors (Lipinski definition) is 2. The molecular weight excluding hydrogens is 160 g/mol. The normalized spacial score (nSPS) is 13.6. The topological polar surface area (TPSA) is 24.4 Å². The second-order valence-electron chi connectivity index (χ2n) is 5.14. The Labute approximate surface area is 82.8 Å². The molecule has 0 fully saturated rings. The van der Waals surface area contributed by atoms with Gasteiger partial charge in [0.1, 0.15) is 0 Å². The lowest BCUT2D eigenvalue weighted by Crippen LogP contribution is -2.32. The molecule has 0 heterocycles. The van der Waals surface area contributed by atoms with Crippen LogP contribution in [-0.2, 0) is 0 Å². The predicted octanol–water partition coefficient (Wildman–Crippen LogP) is 3.19. The summed E-state index contributed by atoms with van der Waals surface area (Å²) in [5.41, 5.74) is 4.41. The van der Waals surface area contributed by atoms with Crippen LogP contribution in [0.25, 0.3) is 0 Å². The van der Waals surface area contributed by atoms with Crippen molar-refractivity contribution in [3.63, 3.8) is 0 Å². The summed E-state index contributed by atoms with van der Waals surface area (Å²) in [6.07, 6.45) is 2.32. The summed E-state index contributed by atoms with van der Waals surface area (Å²) in [6.45, 7) is 12.9. The first kappa shape index (κ1) is 12.5. The fourth-order valence-corrected chi connectivity index (χ4v) is 0.817. The third kappa shape index (κ3) is 9.38. The van der Waals surface area contributed by atoms with Gasteiger partial charge in [0, 0.05) is 11.3 Å². The van der Waals surface area contributed by atoms with E-state index in [9.17, 15) is 0 Å². The molecule has 13 heavy (non-hydrogen) atoms. The summed E-state index contributed by atoms with van der Waals surface area (Å²) in [6, 6.07) is 0. The van der Waals surface area contributed by atoms with Crippen LogP contribution >= 0.6 is 0 Å². The molecule has 78 valence electrons. The number of nitrogens with one attached hydrogen (secondary N) is 1. The van der Waals surface area contributed by atoms with Crippen LogP contribution in [0.4, 0.5) is 0 Å². The Kier molecular flexibility index (Phi) is 5.04. The Morgan fingerprint density at radius 3 is 2.23 bits per heavy atom. The van der Waals surface area contributed by atoms with Crippen molar-refractivity contribution in [2.45, 2.75) is 59.9 Å². The van der Waals surface area contributed by atoms with E-state index in [0.717, 1.165) is 12.3 Å². The van der Waals surface area contributed by atoms with Gasteiger partial charge in [-0.2, -0.15) is 5.10 Å². The Balaban J connectivity index is 3.76. The second-order valence-corrected chi connectivity index (χ2v) is 5.14. The quantitative estimate of drug-likeness (QED) is 0.526. The number of nitrogens with zero attached hydrogens (tertiary/aromatic N) is 1. The van der Waals surface area contributed by atoms with Gasteiger partial charge in [-0.1, -0.05) is 13.8 Å². The lowest BCUT2D eigenvalue weighted by Gasteiger charge is -2.18. The molecule has 0 aliphatic carbocycles. The zero-order chi connectivity index (χ0) is 10.5. The van der Waals surface area contributed by atoms with Crippen molar-refractivity contribution in [2.75, 3.05) is 0 Å². The molecule has 0 amide bonds. The van der Waals surface area contributed by atoms with Crippen molar-refractivity contribution in [1.82, 2.24) is 5.43 Å². The van der Waals surface area contributed by atoms with Gasteiger partial charge >= 0.3 is 0 Å². The van der Waals surface area contributed by atoms with E-state index in [4.69, 9.17) is 0 Å². The molecule has 2 nitrogen and oxygen atoms in total. The van der Waals surface area contributed by atoms with Crippen molar-refractivity contribution < 1.29 is 0 Å². The van der Waals surface area contributed by atoms with Gasteiger partial charge in [-0.3, -0.25) is 0 Å². The molecule has 0 atom stereocenters. The minimum absolute atomic E-state index is 0.0824. The maximum Gasteiger partial charge on any atom is 0.0464 e. The zero-order valence-corrected chi connectivity index (χ0v) is 9.94. The molecule has 1 N–H and O–H groups in total. The van der Waals surface area contributed by atoms with Gasteiger partial charge in [-0.15, -0.1) is 0 Å². The standard InChI is InChI=1S/C11H24N2/c1-9(2)7-8-10(3)12-13-11(4,5)6/h9,13H,7-8H2,1-6H3/b12-10+. The maximum absolute atomic E-state index is 4.33. The number of hydrogen-bond donors (Lipinski definition) is 1. The van der Waals surface area contributed by atoms with E-state index >= 15 is 0 Å². The van der Waals surface area contributed by atoms with E-state index in [0.29, 0.717) is 0 Å². The average Bonchev–Trinajstić information content (AvgIpc) is 1.95. The zero-order valence-electron chi connectivity index (χ0n) is 9.94. The predicted molar refractivity (Wildman–Crippen MR) is 60.1 cm³/mol. The molecule has 0 aromatic rings. The monoisotopic (exact) mass is 184 g/mol. The summed E-state index contributed by atoms with van der Waals surface area (Å²) >= 11 is 0. The summed E-state index contributed by atoms with van der Waals surface area (Å²) in [5.74, 6) is 0.764. The summed E-state index contributed by atoms with van der Waals surface area (Å²) in [4.78, 5) is 0. The van der Waals surface area contributed by atoms with Crippen LogP contribution < -0.4 is 5.43 Å². The molecule has 0 saturated carbocycles. The van der Waals surface area contributed by atoms with E-state index in [1.807, 2.05) is 0 Å². The molecule has 0 saturated heterocycles. The van der Waals surface area contributed by atoms with Gasteiger partial charge in [0.05, 0.1) is 0 Å². The van der Waals surface area contributed by atoms with Crippen LogP contribution in [-0.4, -0.2) is 11.3 Å².